The van der Waals surface area contributed by atoms with Gasteiger partial charge in [0.05, 0.1) is 11.6 Å². The van der Waals surface area contributed by atoms with Crippen molar-refractivity contribution in [2.45, 2.75) is 32.2 Å². The standard InChI is InChI=1S/C17H18N4/c1-11(14-6-2-3-7-15(14)19)20-17-13(10-18)9-12-5-4-8-16(12)21-17/h2-3,6-7,9,11H,4-5,8,19H2,1H3,(H,20,21). The summed E-state index contributed by atoms with van der Waals surface area (Å²) in [6.07, 6.45) is 3.15. The summed E-state index contributed by atoms with van der Waals surface area (Å²) < 4.78 is 0. The van der Waals surface area contributed by atoms with E-state index in [-0.39, 0.29) is 6.04 Å². The average Bonchev–Trinajstić information content (AvgIpc) is 2.93. The van der Waals surface area contributed by atoms with Gasteiger partial charge < -0.3 is 11.1 Å². The molecule has 2 aromatic rings. The Kier molecular flexibility index (Phi) is 3.49. The van der Waals surface area contributed by atoms with Gasteiger partial charge >= 0.3 is 0 Å². The topological polar surface area (TPSA) is 74.7 Å². The molecule has 1 atom stereocenters. The highest BCUT2D eigenvalue weighted by molar-refractivity contribution is 5.58. The molecule has 1 aliphatic rings. The summed E-state index contributed by atoms with van der Waals surface area (Å²) in [6, 6.07) is 12.0. The van der Waals surface area contributed by atoms with Gasteiger partial charge in [-0.05, 0) is 49.4 Å². The molecule has 0 bridgehead atoms. The number of nitriles is 1. The van der Waals surface area contributed by atoms with Crippen LogP contribution in [0.5, 0.6) is 0 Å². The molecule has 0 fully saturated rings. The Bertz CT molecular complexity index is 715. The number of nitrogens with zero attached hydrogens (tertiary/aromatic N) is 2. The van der Waals surface area contributed by atoms with E-state index >= 15 is 0 Å². The maximum absolute atomic E-state index is 9.33. The SMILES string of the molecule is CC(Nc1nc2c(cc1C#N)CCC2)c1ccccc1N. The zero-order valence-electron chi connectivity index (χ0n) is 12.1. The van der Waals surface area contributed by atoms with Crippen LogP contribution >= 0.6 is 0 Å². The molecule has 0 amide bonds. The number of aromatic nitrogens is 1. The van der Waals surface area contributed by atoms with Crippen molar-refractivity contribution < 1.29 is 0 Å². The van der Waals surface area contributed by atoms with E-state index < -0.39 is 0 Å². The van der Waals surface area contributed by atoms with Gasteiger partial charge in [-0.25, -0.2) is 4.98 Å². The number of anilines is 2. The third kappa shape index (κ3) is 2.55. The molecule has 4 heteroatoms. The molecule has 0 spiro atoms. The molecule has 0 saturated heterocycles. The fourth-order valence-corrected chi connectivity index (χ4v) is 2.86. The predicted molar refractivity (Wildman–Crippen MR) is 83.9 cm³/mol. The number of hydrogen-bond acceptors (Lipinski definition) is 4. The van der Waals surface area contributed by atoms with E-state index in [0.29, 0.717) is 11.4 Å². The first kappa shape index (κ1) is 13.4. The smallest absolute Gasteiger partial charge is 0.144 e. The van der Waals surface area contributed by atoms with Crippen molar-refractivity contribution in [3.05, 3.63) is 52.7 Å². The minimum absolute atomic E-state index is 0.00486. The number of para-hydroxylation sites is 1. The third-order valence-corrected chi connectivity index (χ3v) is 3.99. The third-order valence-electron chi connectivity index (χ3n) is 3.99. The molecule has 3 N–H and O–H groups in total. The van der Waals surface area contributed by atoms with Crippen LogP contribution in [0, 0.1) is 11.3 Å². The monoisotopic (exact) mass is 278 g/mol. The largest absolute Gasteiger partial charge is 0.398 e. The first-order valence-corrected chi connectivity index (χ1v) is 7.23. The number of rotatable bonds is 3. The lowest BCUT2D eigenvalue weighted by Crippen LogP contribution is -2.12. The van der Waals surface area contributed by atoms with Crippen LogP contribution in [0.25, 0.3) is 0 Å². The fraction of sp³-hybridized carbons (Fsp3) is 0.294. The molecule has 0 aliphatic heterocycles. The van der Waals surface area contributed by atoms with Crippen LogP contribution in [-0.4, -0.2) is 4.98 Å². The van der Waals surface area contributed by atoms with Crippen molar-refractivity contribution in [1.82, 2.24) is 4.98 Å². The van der Waals surface area contributed by atoms with Crippen molar-refractivity contribution >= 4 is 11.5 Å². The minimum Gasteiger partial charge on any atom is -0.398 e. The molecule has 4 nitrogen and oxygen atoms in total. The number of nitrogens with one attached hydrogen (secondary N) is 1. The van der Waals surface area contributed by atoms with Crippen LogP contribution in [0.1, 0.15) is 41.8 Å². The van der Waals surface area contributed by atoms with Gasteiger partial charge in [0.1, 0.15) is 11.9 Å². The van der Waals surface area contributed by atoms with Gasteiger partial charge in [0.2, 0.25) is 0 Å². The van der Waals surface area contributed by atoms with Gasteiger partial charge in [0.15, 0.2) is 0 Å². The van der Waals surface area contributed by atoms with Gasteiger partial charge in [0, 0.05) is 11.4 Å². The van der Waals surface area contributed by atoms with Crippen molar-refractivity contribution in [2.75, 3.05) is 11.1 Å². The zero-order valence-corrected chi connectivity index (χ0v) is 12.1. The maximum atomic E-state index is 9.33. The summed E-state index contributed by atoms with van der Waals surface area (Å²) in [5.74, 6) is 0.661. The van der Waals surface area contributed by atoms with Crippen LogP contribution in [0.2, 0.25) is 0 Å². The molecule has 1 heterocycles. The molecule has 106 valence electrons. The number of nitrogen functional groups attached to an aromatic ring is 1. The number of nitrogens with two attached hydrogens (primary N) is 1. The molecule has 1 aromatic carbocycles. The molecule has 21 heavy (non-hydrogen) atoms. The van der Waals surface area contributed by atoms with E-state index in [2.05, 4.69) is 16.4 Å². The predicted octanol–water partition coefficient (Wildman–Crippen LogP) is 3.20. The lowest BCUT2D eigenvalue weighted by atomic mass is 10.1. The molecule has 0 saturated carbocycles. The lowest BCUT2D eigenvalue weighted by molar-refractivity contribution is 0.867. The molecule has 0 radical (unpaired) electrons. The van der Waals surface area contributed by atoms with Crippen molar-refractivity contribution in [1.29, 1.82) is 5.26 Å². The summed E-state index contributed by atoms with van der Waals surface area (Å²) in [7, 11) is 0. The molecule has 3 rings (SSSR count). The fourth-order valence-electron chi connectivity index (χ4n) is 2.86. The Morgan fingerprint density at radius 1 is 1.33 bits per heavy atom. The van der Waals surface area contributed by atoms with Crippen LogP contribution in [0.4, 0.5) is 11.5 Å². The van der Waals surface area contributed by atoms with E-state index in [1.807, 2.05) is 37.3 Å². The van der Waals surface area contributed by atoms with Gasteiger partial charge in [0.25, 0.3) is 0 Å². The van der Waals surface area contributed by atoms with E-state index in [1.54, 1.807) is 0 Å². The second kappa shape index (κ2) is 5.45. The number of fused-ring (bicyclic) bond motifs is 1. The Morgan fingerprint density at radius 2 is 2.14 bits per heavy atom. The van der Waals surface area contributed by atoms with Crippen molar-refractivity contribution in [3.63, 3.8) is 0 Å². The van der Waals surface area contributed by atoms with Gasteiger partial charge in [-0.3, -0.25) is 0 Å². The van der Waals surface area contributed by atoms with Crippen LogP contribution in [0.3, 0.4) is 0 Å². The summed E-state index contributed by atoms with van der Waals surface area (Å²) in [5, 5.41) is 12.7. The Morgan fingerprint density at radius 3 is 2.90 bits per heavy atom. The summed E-state index contributed by atoms with van der Waals surface area (Å²) in [5.41, 5.74) is 10.7. The van der Waals surface area contributed by atoms with Crippen LogP contribution < -0.4 is 11.1 Å². The molecule has 1 aliphatic carbocycles. The number of hydrogen-bond donors (Lipinski definition) is 2. The zero-order chi connectivity index (χ0) is 14.8. The molecular weight excluding hydrogens is 260 g/mol. The normalized spacial score (nSPS) is 14.3. The van der Waals surface area contributed by atoms with Crippen LogP contribution in [-0.2, 0) is 12.8 Å². The van der Waals surface area contributed by atoms with Crippen LogP contribution in [0.15, 0.2) is 30.3 Å². The highest BCUT2D eigenvalue weighted by Gasteiger charge is 2.18. The first-order chi connectivity index (χ1) is 10.2. The average molecular weight is 278 g/mol. The Balaban J connectivity index is 1.92. The molecule has 1 aromatic heterocycles. The summed E-state index contributed by atoms with van der Waals surface area (Å²) >= 11 is 0. The number of aryl methyl sites for hydroxylation is 2. The minimum atomic E-state index is 0.00486. The van der Waals surface area contributed by atoms with E-state index in [1.165, 1.54) is 5.56 Å². The Hall–Kier alpha value is -2.54. The first-order valence-electron chi connectivity index (χ1n) is 7.23. The highest BCUT2D eigenvalue weighted by Crippen LogP contribution is 2.28. The van der Waals surface area contributed by atoms with Gasteiger partial charge in [-0.2, -0.15) is 5.26 Å². The van der Waals surface area contributed by atoms with Crippen molar-refractivity contribution in [2.24, 2.45) is 0 Å². The van der Waals surface area contributed by atoms with E-state index in [0.717, 1.165) is 36.2 Å². The van der Waals surface area contributed by atoms with E-state index in [9.17, 15) is 5.26 Å². The second-order valence-electron chi connectivity index (χ2n) is 5.45. The molecule has 1 unspecified atom stereocenters. The second-order valence-corrected chi connectivity index (χ2v) is 5.45. The Labute approximate surface area is 124 Å². The summed E-state index contributed by atoms with van der Waals surface area (Å²) in [6.45, 7) is 2.03. The quantitative estimate of drug-likeness (QED) is 0.845. The van der Waals surface area contributed by atoms with Gasteiger partial charge in [-0.1, -0.05) is 18.2 Å². The molecular formula is C17H18N4. The summed E-state index contributed by atoms with van der Waals surface area (Å²) in [4.78, 5) is 4.64. The number of pyridine rings is 1. The highest BCUT2D eigenvalue weighted by atomic mass is 15.0. The van der Waals surface area contributed by atoms with Crippen molar-refractivity contribution in [3.8, 4) is 6.07 Å². The lowest BCUT2D eigenvalue weighted by Gasteiger charge is -2.18. The van der Waals surface area contributed by atoms with Gasteiger partial charge in [-0.15, -0.1) is 0 Å². The maximum Gasteiger partial charge on any atom is 0.144 e. The van der Waals surface area contributed by atoms with E-state index in [4.69, 9.17) is 5.73 Å². The number of benzene rings is 1.